The van der Waals surface area contributed by atoms with Crippen LogP contribution in [0.2, 0.25) is 0 Å². The summed E-state index contributed by atoms with van der Waals surface area (Å²) in [5.41, 5.74) is 1.48. The fraction of sp³-hybridized carbons (Fsp3) is 0.444. The highest BCUT2D eigenvalue weighted by molar-refractivity contribution is 5.86. The molecule has 2 aromatic rings. The Bertz CT molecular complexity index is 686. The van der Waals surface area contributed by atoms with E-state index in [0.717, 1.165) is 36.0 Å². The van der Waals surface area contributed by atoms with Gasteiger partial charge in [0.05, 0.1) is 5.52 Å². The number of benzene rings is 1. The van der Waals surface area contributed by atoms with Crippen molar-refractivity contribution in [3.05, 3.63) is 42.1 Å². The molecule has 2 N–H and O–H groups in total. The van der Waals surface area contributed by atoms with Gasteiger partial charge in [0.25, 0.3) is 5.91 Å². The number of hydrogen-bond donors (Lipinski definition) is 2. The number of piperidine rings is 1. The average Bonchev–Trinajstić information content (AvgIpc) is 2.62. The summed E-state index contributed by atoms with van der Waals surface area (Å²) in [5, 5.41) is 7.43. The molecule has 5 nitrogen and oxygen atoms in total. The van der Waals surface area contributed by atoms with Gasteiger partial charge in [-0.25, -0.2) is 0 Å². The third-order valence-electron chi connectivity index (χ3n) is 4.61. The second kappa shape index (κ2) is 9.92. The van der Waals surface area contributed by atoms with Gasteiger partial charge in [0, 0.05) is 25.2 Å². The van der Waals surface area contributed by atoms with Crippen LogP contribution < -0.4 is 10.6 Å². The quantitative estimate of drug-likeness (QED) is 0.829. The van der Waals surface area contributed by atoms with Crippen molar-refractivity contribution >= 4 is 41.6 Å². The lowest BCUT2D eigenvalue weighted by atomic mass is 9.91. The van der Waals surface area contributed by atoms with Crippen LogP contribution in [0.5, 0.6) is 0 Å². The Morgan fingerprint density at radius 2 is 1.96 bits per heavy atom. The van der Waals surface area contributed by atoms with Crippen molar-refractivity contribution in [3.8, 4) is 0 Å². The van der Waals surface area contributed by atoms with Crippen LogP contribution in [-0.4, -0.2) is 43.2 Å². The molecule has 2 heterocycles. The number of pyridine rings is 1. The van der Waals surface area contributed by atoms with Crippen LogP contribution in [0.25, 0.3) is 10.9 Å². The Kier molecular flexibility index (Phi) is 8.59. The molecule has 0 bridgehead atoms. The third kappa shape index (κ3) is 4.82. The maximum Gasteiger partial charge on any atom is 0.252 e. The summed E-state index contributed by atoms with van der Waals surface area (Å²) in [4.78, 5) is 17.0. The average molecular weight is 386 g/mol. The Labute approximate surface area is 160 Å². The summed E-state index contributed by atoms with van der Waals surface area (Å²) in [6.07, 6.45) is 3.99. The highest BCUT2D eigenvalue weighted by Gasteiger charge is 2.39. The number of nitrogens with zero attached hydrogens (tertiary/aromatic N) is 1. The molecule has 25 heavy (non-hydrogen) atoms. The predicted octanol–water partition coefficient (Wildman–Crippen LogP) is 2.51. The lowest BCUT2D eigenvalue weighted by molar-refractivity contribution is -0.146. The van der Waals surface area contributed by atoms with Crippen molar-refractivity contribution in [2.24, 2.45) is 0 Å². The molecule has 7 heteroatoms. The summed E-state index contributed by atoms with van der Waals surface area (Å²) >= 11 is 0. The SMILES string of the molecule is COC1(C(=O)NCCc2cccc3cccnc23)CCNCC1.Cl.Cl. The largest absolute Gasteiger partial charge is 0.368 e. The maximum atomic E-state index is 12.5. The third-order valence-corrected chi connectivity index (χ3v) is 4.61. The highest BCUT2D eigenvalue weighted by Crippen LogP contribution is 2.22. The first kappa shape index (κ1) is 21.6. The summed E-state index contributed by atoms with van der Waals surface area (Å²) in [6, 6.07) is 10.1. The van der Waals surface area contributed by atoms with E-state index in [4.69, 9.17) is 4.74 Å². The fourth-order valence-corrected chi connectivity index (χ4v) is 3.20. The van der Waals surface area contributed by atoms with Crippen LogP contribution in [0.15, 0.2) is 36.5 Å². The monoisotopic (exact) mass is 385 g/mol. The first-order chi connectivity index (χ1) is 11.2. The molecule has 0 spiro atoms. The van der Waals surface area contributed by atoms with E-state index in [1.165, 1.54) is 0 Å². The topological polar surface area (TPSA) is 63.2 Å². The lowest BCUT2D eigenvalue weighted by Gasteiger charge is -2.34. The molecule has 0 radical (unpaired) electrons. The summed E-state index contributed by atoms with van der Waals surface area (Å²) in [7, 11) is 1.62. The number of methoxy groups -OCH3 is 1. The van der Waals surface area contributed by atoms with E-state index in [9.17, 15) is 4.79 Å². The lowest BCUT2D eigenvalue weighted by Crippen LogP contribution is -2.54. The molecule has 0 atom stereocenters. The van der Waals surface area contributed by atoms with Crippen LogP contribution >= 0.6 is 24.8 Å². The second-order valence-electron chi connectivity index (χ2n) is 5.95. The standard InChI is InChI=1S/C18H23N3O2.2ClH/c1-23-18(8-12-19-13-9-18)17(22)21-11-7-15-5-2-4-14-6-3-10-20-16(14)15;;/h2-6,10,19H,7-9,11-13H2,1H3,(H,21,22);2*1H. The van der Waals surface area contributed by atoms with Gasteiger partial charge >= 0.3 is 0 Å². The van der Waals surface area contributed by atoms with Gasteiger partial charge in [0.2, 0.25) is 0 Å². The number of carbonyl (C=O) groups is 1. The van der Waals surface area contributed by atoms with Crippen molar-refractivity contribution in [1.82, 2.24) is 15.6 Å². The van der Waals surface area contributed by atoms with E-state index < -0.39 is 5.60 Å². The molecule has 1 aliphatic heterocycles. The van der Waals surface area contributed by atoms with E-state index in [2.05, 4.69) is 33.8 Å². The number of para-hydroxylation sites is 1. The van der Waals surface area contributed by atoms with Gasteiger partial charge in [-0.15, -0.1) is 24.8 Å². The van der Waals surface area contributed by atoms with E-state index in [1.54, 1.807) is 13.3 Å². The first-order valence-corrected chi connectivity index (χ1v) is 8.12. The van der Waals surface area contributed by atoms with E-state index >= 15 is 0 Å². The molecular formula is C18H25Cl2N3O2. The Hall–Kier alpha value is -1.40. The van der Waals surface area contributed by atoms with Crippen molar-refractivity contribution in [3.63, 3.8) is 0 Å². The first-order valence-electron chi connectivity index (χ1n) is 8.12. The number of carbonyl (C=O) groups excluding carboxylic acids is 1. The van der Waals surface area contributed by atoms with Crippen LogP contribution in [0.3, 0.4) is 0 Å². The summed E-state index contributed by atoms with van der Waals surface area (Å²) in [5.74, 6) is -0.00491. The Balaban J connectivity index is 0.00000156. The van der Waals surface area contributed by atoms with Crippen LogP contribution in [0, 0.1) is 0 Å². The highest BCUT2D eigenvalue weighted by atomic mass is 35.5. The Morgan fingerprint density at radius 3 is 2.68 bits per heavy atom. The normalized spacial score (nSPS) is 15.7. The maximum absolute atomic E-state index is 12.5. The molecule has 1 aliphatic rings. The van der Waals surface area contributed by atoms with Gasteiger partial charge in [0.1, 0.15) is 5.60 Å². The van der Waals surface area contributed by atoms with Gasteiger partial charge in [-0.2, -0.15) is 0 Å². The fourth-order valence-electron chi connectivity index (χ4n) is 3.20. The molecule has 3 rings (SSSR count). The minimum atomic E-state index is -0.678. The van der Waals surface area contributed by atoms with Gasteiger partial charge in [-0.05, 0) is 44.0 Å². The molecule has 0 saturated carbocycles. The molecule has 0 aliphatic carbocycles. The number of halogens is 2. The number of amides is 1. The van der Waals surface area contributed by atoms with Gasteiger partial charge in [0.15, 0.2) is 0 Å². The van der Waals surface area contributed by atoms with E-state index in [0.29, 0.717) is 19.4 Å². The van der Waals surface area contributed by atoms with Crippen molar-refractivity contribution in [1.29, 1.82) is 0 Å². The number of ether oxygens (including phenoxy) is 1. The van der Waals surface area contributed by atoms with Crippen molar-refractivity contribution in [2.45, 2.75) is 24.9 Å². The molecule has 1 aromatic heterocycles. The van der Waals surface area contributed by atoms with E-state index in [1.807, 2.05) is 12.1 Å². The minimum Gasteiger partial charge on any atom is -0.368 e. The van der Waals surface area contributed by atoms with Crippen LogP contribution in [-0.2, 0) is 16.0 Å². The number of hydrogen-bond acceptors (Lipinski definition) is 4. The van der Waals surface area contributed by atoms with Gasteiger partial charge in [-0.3, -0.25) is 9.78 Å². The van der Waals surface area contributed by atoms with E-state index in [-0.39, 0.29) is 30.7 Å². The van der Waals surface area contributed by atoms with Crippen molar-refractivity contribution in [2.75, 3.05) is 26.7 Å². The number of fused-ring (bicyclic) bond motifs is 1. The minimum absolute atomic E-state index is 0. The number of rotatable bonds is 5. The smallest absolute Gasteiger partial charge is 0.252 e. The predicted molar refractivity (Wildman–Crippen MR) is 105 cm³/mol. The van der Waals surface area contributed by atoms with Gasteiger partial charge < -0.3 is 15.4 Å². The van der Waals surface area contributed by atoms with Crippen LogP contribution in [0.1, 0.15) is 18.4 Å². The molecule has 0 unspecified atom stereocenters. The zero-order valence-corrected chi connectivity index (χ0v) is 15.9. The molecule has 138 valence electrons. The van der Waals surface area contributed by atoms with Crippen LogP contribution in [0.4, 0.5) is 0 Å². The summed E-state index contributed by atoms with van der Waals surface area (Å²) in [6.45, 7) is 2.22. The number of nitrogens with one attached hydrogen (secondary N) is 2. The zero-order valence-electron chi connectivity index (χ0n) is 14.3. The molecule has 1 amide bonds. The zero-order chi connectivity index (χ0) is 16.1. The number of aromatic nitrogens is 1. The van der Waals surface area contributed by atoms with Gasteiger partial charge in [-0.1, -0.05) is 24.3 Å². The Morgan fingerprint density at radius 1 is 1.24 bits per heavy atom. The molecule has 1 aromatic carbocycles. The molecular weight excluding hydrogens is 361 g/mol. The summed E-state index contributed by atoms with van der Waals surface area (Å²) < 4.78 is 5.55. The second-order valence-corrected chi connectivity index (χ2v) is 5.95. The molecule has 1 fully saturated rings. The van der Waals surface area contributed by atoms with Crippen molar-refractivity contribution < 1.29 is 9.53 Å². The molecule has 1 saturated heterocycles.